The number of nitrogens with zero attached hydrogens (tertiary/aromatic N) is 2. The summed E-state index contributed by atoms with van der Waals surface area (Å²) in [6, 6.07) is 0. The summed E-state index contributed by atoms with van der Waals surface area (Å²) in [6.45, 7) is 7.66. The normalized spacial score (nSPS) is 10.5. The summed E-state index contributed by atoms with van der Waals surface area (Å²) >= 11 is 0. The molecule has 1 heterocycles. The Balaban J connectivity index is 2.98. The van der Waals surface area contributed by atoms with Gasteiger partial charge in [-0.3, -0.25) is 4.68 Å². The third-order valence-electron chi connectivity index (χ3n) is 2.08. The fraction of sp³-hybridized carbons (Fsp3) is 0.625. The van der Waals surface area contributed by atoms with Crippen molar-refractivity contribution in [2.45, 2.75) is 27.3 Å². The Kier molecular flexibility index (Phi) is 2.29. The Hall–Kier alpha value is -0.830. The average Bonchev–Trinajstić information content (AvgIpc) is 2.19. The number of nitrogens with two attached hydrogens (primary N) is 1. The monoisotopic (exact) mass is 153 g/mol. The molecule has 0 saturated carbocycles. The fourth-order valence-electron chi connectivity index (χ4n) is 1.13. The highest BCUT2D eigenvalue weighted by atomic mass is 15.3. The van der Waals surface area contributed by atoms with Crippen LogP contribution in [0.5, 0.6) is 0 Å². The first-order valence-corrected chi connectivity index (χ1v) is 3.87. The van der Waals surface area contributed by atoms with E-state index in [-0.39, 0.29) is 0 Å². The van der Waals surface area contributed by atoms with E-state index in [1.54, 1.807) is 0 Å². The van der Waals surface area contributed by atoms with Crippen molar-refractivity contribution in [3.8, 4) is 0 Å². The molecule has 0 atom stereocenters. The molecule has 0 aliphatic heterocycles. The van der Waals surface area contributed by atoms with Gasteiger partial charge in [0.2, 0.25) is 0 Å². The van der Waals surface area contributed by atoms with Crippen molar-refractivity contribution in [2.24, 2.45) is 5.73 Å². The van der Waals surface area contributed by atoms with Crippen LogP contribution in [0.1, 0.15) is 17.0 Å². The van der Waals surface area contributed by atoms with Crippen LogP contribution < -0.4 is 5.73 Å². The molecule has 0 aromatic carbocycles. The molecule has 0 aliphatic rings. The molecule has 1 aromatic heterocycles. The quantitative estimate of drug-likeness (QED) is 0.682. The molecular weight excluding hydrogens is 138 g/mol. The van der Waals surface area contributed by atoms with Crippen LogP contribution >= 0.6 is 0 Å². The van der Waals surface area contributed by atoms with Crippen LogP contribution in [0.15, 0.2) is 0 Å². The van der Waals surface area contributed by atoms with E-state index in [4.69, 9.17) is 5.73 Å². The number of rotatable bonds is 2. The lowest BCUT2D eigenvalue weighted by atomic mass is 10.2. The Labute approximate surface area is 67.2 Å². The molecule has 0 amide bonds. The first-order chi connectivity index (χ1) is 5.16. The molecule has 1 rings (SSSR count). The topological polar surface area (TPSA) is 43.8 Å². The maximum Gasteiger partial charge on any atom is 0.0625 e. The second-order valence-corrected chi connectivity index (χ2v) is 2.81. The fourth-order valence-corrected chi connectivity index (χ4v) is 1.13. The zero-order valence-electron chi connectivity index (χ0n) is 7.39. The Bertz CT molecular complexity index is 250. The number of hydrogen-bond donors (Lipinski definition) is 1. The van der Waals surface area contributed by atoms with E-state index in [1.165, 1.54) is 11.3 Å². The van der Waals surface area contributed by atoms with Crippen LogP contribution in [0.2, 0.25) is 0 Å². The minimum Gasteiger partial charge on any atom is -0.329 e. The van der Waals surface area contributed by atoms with Gasteiger partial charge in [0, 0.05) is 12.2 Å². The van der Waals surface area contributed by atoms with Crippen molar-refractivity contribution >= 4 is 0 Å². The number of aromatic nitrogens is 2. The van der Waals surface area contributed by atoms with Crippen molar-refractivity contribution in [2.75, 3.05) is 6.54 Å². The average molecular weight is 153 g/mol. The van der Waals surface area contributed by atoms with Crippen LogP contribution in [-0.2, 0) is 6.54 Å². The summed E-state index contributed by atoms with van der Waals surface area (Å²) in [7, 11) is 0. The molecule has 0 bridgehead atoms. The van der Waals surface area contributed by atoms with Crippen LogP contribution in [-0.4, -0.2) is 16.3 Å². The van der Waals surface area contributed by atoms with Gasteiger partial charge in [-0.15, -0.1) is 0 Å². The third-order valence-corrected chi connectivity index (χ3v) is 2.08. The van der Waals surface area contributed by atoms with Gasteiger partial charge in [0.1, 0.15) is 0 Å². The van der Waals surface area contributed by atoms with Gasteiger partial charge < -0.3 is 5.73 Å². The van der Waals surface area contributed by atoms with E-state index < -0.39 is 0 Å². The summed E-state index contributed by atoms with van der Waals surface area (Å²) < 4.78 is 1.96. The van der Waals surface area contributed by atoms with Gasteiger partial charge in [0.05, 0.1) is 12.2 Å². The molecule has 0 saturated heterocycles. The molecule has 0 radical (unpaired) electrons. The molecule has 0 fully saturated rings. The Morgan fingerprint density at radius 3 is 2.36 bits per heavy atom. The van der Waals surface area contributed by atoms with Crippen LogP contribution in [0.4, 0.5) is 0 Å². The lowest BCUT2D eigenvalue weighted by Crippen LogP contribution is -2.12. The molecule has 2 N–H and O–H groups in total. The van der Waals surface area contributed by atoms with Crippen LogP contribution in [0.25, 0.3) is 0 Å². The zero-order valence-corrected chi connectivity index (χ0v) is 7.39. The maximum atomic E-state index is 5.43. The first kappa shape index (κ1) is 8.27. The van der Waals surface area contributed by atoms with Gasteiger partial charge >= 0.3 is 0 Å². The third kappa shape index (κ3) is 1.43. The van der Waals surface area contributed by atoms with E-state index >= 15 is 0 Å². The minimum absolute atomic E-state index is 0.654. The predicted octanol–water partition coefficient (Wildman–Crippen LogP) is 0.767. The first-order valence-electron chi connectivity index (χ1n) is 3.87. The standard InChI is InChI=1S/C8H15N3/c1-6-7(2)10-11(5-4-9)8(6)3/h4-5,9H2,1-3H3. The van der Waals surface area contributed by atoms with Gasteiger partial charge in [-0.2, -0.15) is 5.10 Å². The molecule has 0 unspecified atom stereocenters. The van der Waals surface area contributed by atoms with Crippen molar-refractivity contribution < 1.29 is 0 Å². The van der Waals surface area contributed by atoms with E-state index in [0.717, 1.165) is 12.2 Å². The summed E-state index contributed by atoms with van der Waals surface area (Å²) in [5.41, 5.74) is 9.04. The lowest BCUT2D eigenvalue weighted by Gasteiger charge is -2.00. The smallest absolute Gasteiger partial charge is 0.0625 e. The maximum absolute atomic E-state index is 5.43. The van der Waals surface area contributed by atoms with Crippen molar-refractivity contribution in [1.29, 1.82) is 0 Å². The summed E-state index contributed by atoms with van der Waals surface area (Å²) in [5.74, 6) is 0. The van der Waals surface area contributed by atoms with Crippen LogP contribution in [0, 0.1) is 20.8 Å². The van der Waals surface area contributed by atoms with Gasteiger partial charge in [0.15, 0.2) is 0 Å². The molecule has 1 aromatic rings. The van der Waals surface area contributed by atoms with Crippen LogP contribution in [0.3, 0.4) is 0 Å². The van der Waals surface area contributed by atoms with E-state index in [1.807, 2.05) is 11.6 Å². The SMILES string of the molecule is Cc1nn(CCN)c(C)c1C. The molecule has 0 spiro atoms. The number of hydrogen-bond acceptors (Lipinski definition) is 2. The van der Waals surface area contributed by atoms with Gasteiger partial charge in [-0.25, -0.2) is 0 Å². The molecular formula is C8H15N3. The van der Waals surface area contributed by atoms with Crippen molar-refractivity contribution in [3.63, 3.8) is 0 Å². The Morgan fingerprint density at radius 1 is 1.36 bits per heavy atom. The Morgan fingerprint density at radius 2 is 2.00 bits per heavy atom. The predicted molar refractivity (Wildman–Crippen MR) is 45.5 cm³/mol. The highest BCUT2D eigenvalue weighted by Gasteiger charge is 2.04. The highest BCUT2D eigenvalue weighted by Crippen LogP contribution is 2.09. The number of aryl methyl sites for hydroxylation is 1. The second kappa shape index (κ2) is 3.05. The molecule has 3 heteroatoms. The molecule has 11 heavy (non-hydrogen) atoms. The van der Waals surface area contributed by atoms with E-state index in [2.05, 4.69) is 18.9 Å². The zero-order chi connectivity index (χ0) is 8.43. The minimum atomic E-state index is 0.654. The summed E-state index contributed by atoms with van der Waals surface area (Å²) in [5, 5.41) is 4.34. The van der Waals surface area contributed by atoms with E-state index in [0.29, 0.717) is 6.54 Å². The van der Waals surface area contributed by atoms with Gasteiger partial charge in [0.25, 0.3) is 0 Å². The molecule has 0 aliphatic carbocycles. The van der Waals surface area contributed by atoms with Crippen molar-refractivity contribution in [1.82, 2.24) is 9.78 Å². The highest BCUT2D eigenvalue weighted by molar-refractivity contribution is 5.21. The lowest BCUT2D eigenvalue weighted by molar-refractivity contribution is 0.603. The second-order valence-electron chi connectivity index (χ2n) is 2.81. The van der Waals surface area contributed by atoms with Gasteiger partial charge in [-0.05, 0) is 26.3 Å². The summed E-state index contributed by atoms with van der Waals surface area (Å²) in [6.07, 6.45) is 0. The molecule has 62 valence electrons. The van der Waals surface area contributed by atoms with E-state index in [9.17, 15) is 0 Å². The largest absolute Gasteiger partial charge is 0.329 e. The van der Waals surface area contributed by atoms with Crippen molar-refractivity contribution in [3.05, 3.63) is 17.0 Å². The van der Waals surface area contributed by atoms with Gasteiger partial charge in [-0.1, -0.05) is 0 Å². The molecule has 3 nitrogen and oxygen atoms in total. The summed E-state index contributed by atoms with van der Waals surface area (Å²) in [4.78, 5) is 0.